The minimum absolute atomic E-state index is 0. The number of phenols is 1. The van der Waals surface area contributed by atoms with Crippen LogP contribution in [0.25, 0.3) is 16.7 Å². The molecule has 0 saturated heterocycles. The van der Waals surface area contributed by atoms with Crippen LogP contribution >= 0.6 is 0 Å². The van der Waals surface area contributed by atoms with Crippen LogP contribution in [0.1, 0.15) is 82.3 Å². The van der Waals surface area contributed by atoms with Crippen molar-refractivity contribution in [3.8, 4) is 11.4 Å². The number of hydrogen-bond acceptors (Lipinski definition) is 1. The predicted octanol–water partition coefficient (Wildman–Crippen LogP) is 6.90. The van der Waals surface area contributed by atoms with Crippen molar-refractivity contribution in [2.24, 2.45) is 0 Å². The van der Waals surface area contributed by atoms with E-state index >= 15 is 0 Å². The molecule has 1 radical (unpaired) electrons. The molecule has 0 aliphatic rings. The van der Waals surface area contributed by atoms with Crippen molar-refractivity contribution in [1.29, 1.82) is 0 Å². The molecule has 0 saturated carbocycles. The van der Waals surface area contributed by atoms with Crippen LogP contribution in [0.15, 0.2) is 36.4 Å². The van der Waals surface area contributed by atoms with Gasteiger partial charge in [0.1, 0.15) is 22.5 Å². The Hall–Kier alpha value is -0.724. The van der Waals surface area contributed by atoms with E-state index in [0.717, 1.165) is 24.1 Å². The predicted molar refractivity (Wildman–Crippen MR) is 121 cm³/mol. The average molecular weight is 683 g/mol. The van der Waals surface area contributed by atoms with E-state index in [0.29, 0.717) is 5.75 Å². The largest absolute Gasteiger partial charge is 0.505 e. The maximum atomic E-state index is 10.9. The third-order valence-electron chi connectivity index (χ3n) is 6.15. The Balaban J connectivity index is 0.00000171. The first-order valence-corrected chi connectivity index (χ1v) is 11.5. The summed E-state index contributed by atoms with van der Waals surface area (Å²) in [6.45, 7) is 4.39. The third-order valence-corrected chi connectivity index (χ3v) is 6.15. The fraction of sp³-hybridized carbons (Fsp3) is 0.520. The molecule has 0 amide bonds. The van der Waals surface area contributed by atoms with Crippen LogP contribution in [0, 0.1) is 38.0 Å². The van der Waals surface area contributed by atoms with Crippen LogP contribution in [0.2, 0.25) is 0 Å². The summed E-state index contributed by atoms with van der Waals surface area (Å²) in [6.07, 6.45) is 14.3. The molecule has 2 heterocycles. The molecule has 0 unspecified atom stereocenters. The molecule has 4 rings (SSSR count). The second-order valence-corrected chi connectivity index (χ2v) is 8.58. The zero-order valence-electron chi connectivity index (χ0n) is 19.0. The number of phenolic OH excluding ortho intramolecular Hbond substituents is 1. The molecular weight excluding hydrogens is 647 g/mol. The minimum Gasteiger partial charge on any atom is -0.505 e. The van der Waals surface area contributed by atoms with E-state index in [1.54, 1.807) is 0 Å². The molecule has 0 aliphatic carbocycles. The number of aromatic nitrogens is 3. The number of rotatable bonds is 12. The van der Waals surface area contributed by atoms with Crippen LogP contribution in [-0.2, 0) is 25.0 Å². The van der Waals surface area contributed by atoms with Gasteiger partial charge in [0.2, 0.25) is 0 Å². The van der Waals surface area contributed by atoms with Gasteiger partial charge in [-0.2, -0.15) is 0 Å². The van der Waals surface area contributed by atoms with Gasteiger partial charge in [0.05, 0.1) is 0 Å². The van der Waals surface area contributed by atoms with Crippen molar-refractivity contribution < 1.29 is 54.8 Å². The van der Waals surface area contributed by atoms with Crippen molar-refractivity contribution in [3.05, 3.63) is 47.5 Å². The molecule has 0 fully saturated rings. The van der Waals surface area contributed by atoms with Crippen LogP contribution in [0.3, 0.4) is 0 Å². The quantitative estimate of drug-likeness (QED) is 0.162. The Morgan fingerprint density at radius 1 is 0.774 bits per heavy atom. The summed E-state index contributed by atoms with van der Waals surface area (Å²) in [5.74, 6) is 0.437. The molecule has 0 bridgehead atoms. The number of hydrogen-bond donors (Lipinski definition) is 1. The molecule has 0 atom stereocenters. The standard InChI is InChI=1S/C25H35N3O.U.V/c1-3-4-5-6-7-8-9-10-11-12-15-21-18-20(2)19-24(25(21)29)28-26-22-16-13-14-17-23(22)27(26)28;;/h13-14,16-19,29H,3-12,15H2,1-2H3;;. The third kappa shape index (κ3) is 6.00. The molecule has 1 N–H and O–H groups in total. The molecule has 6 heteroatoms. The van der Waals surface area contributed by atoms with E-state index in [1.165, 1.54) is 74.4 Å². The Bertz CT molecular complexity index is 1010. The van der Waals surface area contributed by atoms with E-state index in [-0.39, 0.29) is 49.7 Å². The van der Waals surface area contributed by atoms with Crippen molar-refractivity contribution in [1.82, 2.24) is 14.1 Å². The molecule has 0 aliphatic heterocycles. The zero-order chi connectivity index (χ0) is 20.2. The molecule has 4 aromatic rings. The Morgan fingerprint density at radius 2 is 1.29 bits per heavy atom. The Kier molecular flexibility index (Phi) is 10.7. The van der Waals surface area contributed by atoms with E-state index in [2.05, 4.69) is 64.3 Å². The monoisotopic (exact) mass is 682 g/mol. The summed E-state index contributed by atoms with van der Waals surface area (Å²) in [5, 5.41) is 10.9. The molecular formula is C25H35N3OUV. The van der Waals surface area contributed by atoms with Gasteiger partial charge < -0.3 is 5.11 Å². The summed E-state index contributed by atoms with van der Waals surface area (Å²) < 4.78 is 4.21. The molecule has 31 heavy (non-hydrogen) atoms. The van der Waals surface area contributed by atoms with Gasteiger partial charge in [-0.3, -0.25) is 0 Å². The molecule has 165 valence electrons. The van der Waals surface area contributed by atoms with Gasteiger partial charge in [0.15, 0.2) is 0 Å². The van der Waals surface area contributed by atoms with E-state index in [9.17, 15) is 5.11 Å². The van der Waals surface area contributed by atoms with Gasteiger partial charge >= 0.3 is 0 Å². The van der Waals surface area contributed by atoms with Crippen molar-refractivity contribution in [3.63, 3.8) is 0 Å². The van der Waals surface area contributed by atoms with Gasteiger partial charge in [-0.25, -0.2) is 0 Å². The van der Waals surface area contributed by atoms with Crippen LogP contribution in [0.4, 0.5) is 0 Å². The topological polar surface area (TPSA) is 34.0 Å². The van der Waals surface area contributed by atoms with Crippen molar-refractivity contribution in [2.45, 2.75) is 84.5 Å². The van der Waals surface area contributed by atoms with E-state index < -0.39 is 0 Å². The number of aryl methyl sites for hydroxylation is 2. The van der Waals surface area contributed by atoms with Gasteiger partial charge in [-0.1, -0.05) is 82.9 Å². The Labute approximate surface area is 221 Å². The zero-order valence-corrected chi connectivity index (χ0v) is 24.5. The van der Waals surface area contributed by atoms with Crippen LogP contribution in [-0.4, -0.2) is 19.2 Å². The number of nitrogens with zero attached hydrogens (tertiary/aromatic N) is 3. The number of aromatic hydroxyl groups is 1. The Morgan fingerprint density at radius 3 is 1.84 bits per heavy atom. The number of fused-ring (bicyclic) bond motifs is 4. The smallest absolute Gasteiger partial charge is 0.146 e. The minimum atomic E-state index is 0. The van der Waals surface area contributed by atoms with E-state index in [1.807, 2.05) is 0 Å². The van der Waals surface area contributed by atoms with Crippen molar-refractivity contribution in [2.75, 3.05) is 0 Å². The fourth-order valence-corrected chi connectivity index (χ4v) is 4.48. The second kappa shape index (κ2) is 12.5. The van der Waals surface area contributed by atoms with Gasteiger partial charge in [-0.15, -0.1) is 14.1 Å². The van der Waals surface area contributed by atoms with Crippen LogP contribution < -0.4 is 0 Å². The maximum Gasteiger partial charge on any atom is 0.146 e. The van der Waals surface area contributed by atoms with Crippen molar-refractivity contribution >= 4 is 11.0 Å². The summed E-state index contributed by atoms with van der Waals surface area (Å²) in [5.41, 5.74) is 5.58. The van der Waals surface area contributed by atoms with Gasteiger partial charge in [0.25, 0.3) is 0 Å². The average Bonchev–Trinajstić information content (AvgIpc) is 3.38. The SMILES string of the molecule is CCCCCCCCCCCCc1cc(C)cc(-n2n3c4ccccc4n23)c1O.[U].[V]. The summed E-state index contributed by atoms with van der Waals surface area (Å²) in [6, 6.07) is 12.6. The molecule has 0 spiro atoms. The first-order chi connectivity index (χ1) is 14.2. The number of para-hydroxylation sites is 2. The fourth-order valence-electron chi connectivity index (χ4n) is 4.48. The number of benzene rings is 2. The first-order valence-electron chi connectivity index (χ1n) is 11.5. The normalized spacial score (nSPS) is 11.3. The summed E-state index contributed by atoms with van der Waals surface area (Å²) in [7, 11) is 0. The molecule has 2 aromatic carbocycles. The molecule has 4 nitrogen and oxygen atoms in total. The van der Waals surface area contributed by atoms with Gasteiger partial charge in [-0.05, 0) is 49.1 Å². The second-order valence-electron chi connectivity index (χ2n) is 8.58. The van der Waals surface area contributed by atoms with Gasteiger partial charge in [0, 0.05) is 49.7 Å². The first kappa shape index (κ1) is 26.5. The van der Waals surface area contributed by atoms with Crippen LogP contribution in [0.5, 0.6) is 5.75 Å². The summed E-state index contributed by atoms with van der Waals surface area (Å²) >= 11 is 0. The molecule has 2 aromatic heterocycles. The maximum absolute atomic E-state index is 10.9. The number of unbranched alkanes of at least 4 members (excludes halogenated alkanes) is 9. The summed E-state index contributed by atoms with van der Waals surface area (Å²) in [4.78, 5) is 2.06. The van der Waals surface area contributed by atoms with E-state index in [4.69, 9.17) is 0 Å².